The molecule has 0 spiro atoms. The molecule has 3 aromatic rings. The van der Waals surface area contributed by atoms with Crippen molar-refractivity contribution in [1.29, 1.82) is 0 Å². The summed E-state index contributed by atoms with van der Waals surface area (Å²) < 4.78 is 5.60. The van der Waals surface area contributed by atoms with Crippen LogP contribution in [0.3, 0.4) is 0 Å². The molecule has 0 aliphatic heterocycles. The van der Waals surface area contributed by atoms with Gasteiger partial charge in [0.05, 0.1) is 22.4 Å². The minimum absolute atomic E-state index is 0.0706. The van der Waals surface area contributed by atoms with Gasteiger partial charge in [-0.3, -0.25) is 4.79 Å². The number of rotatable bonds is 6. The Morgan fingerprint density at radius 1 is 1.19 bits per heavy atom. The number of thioether (sulfide) groups is 1. The number of carbonyl (C=O) groups is 1. The predicted octanol–water partition coefficient (Wildman–Crippen LogP) is 4.98. The molecular weight excluding hydrogens is 382 g/mol. The van der Waals surface area contributed by atoms with E-state index in [2.05, 4.69) is 41.5 Å². The molecule has 140 valence electrons. The third kappa shape index (κ3) is 4.90. The molecule has 5 nitrogen and oxygen atoms in total. The molecule has 1 heterocycles. The Morgan fingerprint density at radius 3 is 2.70 bits per heavy atom. The number of nitrogens with one attached hydrogen (secondary N) is 1. The maximum absolute atomic E-state index is 12.2. The Bertz CT molecular complexity index is 958. The van der Waals surface area contributed by atoms with Gasteiger partial charge in [0.25, 0.3) is 5.22 Å². The lowest BCUT2D eigenvalue weighted by Crippen LogP contribution is -2.28. The number of halogens is 1. The molecular formula is C20H20ClN3O2S. The molecule has 0 radical (unpaired) electrons. The lowest BCUT2D eigenvalue weighted by molar-refractivity contribution is -0.119. The zero-order chi connectivity index (χ0) is 19.4. The monoisotopic (exact) mass is 401 g/mol. The average molecular weight is 402 g/mol. The van der Waals surface area contributed by atoms with Crippen molar-refractivity contribution in [3.63, 3.8) is 0 Å². The second kappa shape index (κ2) is 8.59. The number of benzene rings is 2. The molecule has 0 bridgehead atoms. The van der Waals surface area contributed by atoms with Gasteiger partial charge in [0.1, 0.15) is 0 Å². The van der Waals surface area contributed by atoms with E-state index >= 15 is 0 Å². The standard InChI is InChI=1S/C20H20ClN3O2S/c1-12-8-9-15(10-13(12)2)14(3)22-18(25)11-27-20-24-23-19(26-20)16-6-4-5-7-17(16)21/h4-10,14H,11H2,1-3H3,(H,22,25). The smallest absolute Gasteiger partial charge is 0.277 e. The van der Waals surface area contributed by atoms with Crippen molar-refractivity contribution >= 4 is 29.3 Å². The van der Waals surface area contributed by atoms with E-state index in [0.717, 1.165) is 5.56 Å². The fourth-order valence-corrected chi connectivity index (χ4v) is 3.33. The summed E-state index contributed by atoms with van der Waals surface area (Å²) in [6, 6.07) is 13.4. The Hall–Kier alpha value is -2.31. The maximum atomic E-state index is 12.2. The summed E-state index contributed by atoms with van der Waals surface area (Å²) in [5.74, 6) is 0.439. The minimum atomic E-state index is -0.0942. The Morgan fingerprint density at radius 2 is 1.96 bits per heavy atom. The molecule has 0 aliphatic rings. The highest BCUT2D eigenvalue weighted by atomic mass is 35.5. The highest BCUT2D eigenvalue weighted by molar-refractivity contribution is 7.99. The van der Waals surface area contributed by atoms with Crippen LogP contribution in [0.1, 0.15) is 29.7 Å². The summed E-state index contributed by atoms with van der Waals surface area (Å²) in [5.41, 5.74) is 4.20. The van der Waals surface area contributed by atoms with Gasteiger partial charge >= 0.3 is 0 Å². The van der Waals surface area contributed by atoms with Crippen LogP contribution in [-0.2, 0) is 4.79 Å². The number of nitrogens with zero attached hydrogens (tertiary/aromatic N) is 2. The summed E-state index contributed by atoms with van der Waals surface area (Å²) in [5, 5.41) is 11.8. The van der Waals surface area contributed by atoms with E-state index in [1.165, 1.54) is 22.9 Å². The molecule has 1 atom stereocenters. The second-order valence-corrected chi connectivity index (χ2v) is 7.61. The molecule has 0 saturated carbocycles. The molecule has 1 amide bonds. The van der Waals surface area contributed by atoms with Crippen molar-refractivity contribution in [3.8, 4) is 11.5 Å². The van der Waals surface area contributed by atoms with E-state index in [4.69, 9.17) is 16.0 Å². The molecule has 0 fully saturated rings. The number of carbonyl (C=O) groups excluding carboxylic acids is 1. The van der Waals surface area contributed by atoms with E-state index in [0.29, 0.717) is 21.7 Å². The molecule has 0 aliphatic carbocycles. The van der Waals surface area contributed by atoms with Gasteiger partial charge < -0.3 is 9.73 Å². The van der Waals surface area contributed by atoms with Gasteiger partial charge in [0.15, 0.2) is 0 Å². The Labute approximate surface area is 167 Å². The number of hydrogen-bond acceptors (Lipinski definition) is 5. The normalized spacial score (nSPS) is 12.0. The molecule has 0 saturated heterocycles. The van der Waals surface area contributed by atoms with Crippen LogP contribution >= 0.6 is 23.4 Å². The first-order chi connectivity index (χ1) is 12.9. The van der Waals surface area contributed by atoms with Crippen LogP contribution in [0.4, 0.5) is 0 Å². The van der Waals surface area contributed by atoms with Crippen molar-refractivity contribution in [2.45, 2.75) is 32.0 Å². The number of aryl methyl sites for hydroxylation is 2. The SMILES string of the molecule is Cc1ccc(C(C)NC(=O)CSc2nnc(-c3ccccc3Cl)o2)cc1C. The van der Waals surface area contributed by atoms with Crippen molar-refractivity contribution in [2.24, 2.45) is 0 Å². The first-order valence-corrected chi connectivity index (χ1v) is 9.88. The lowest BCUT2D eigenvalue weighted by Gasteiger charge is -2.15. The van der Waals surface area contributed by atoms with Crippen molar-refractivity contribution in [3.05, 3.63) is 64.2 Å². The average Bonchev–Trinajstić information content (AvgIpc) is 3.11. The van der Waals surface area contributed by atoms with E-state index in [9.17, 15) is 4.79 Å². The van der Waals surface area contributed by atoms with Crippen LogP contribution in [0.25, 0.3) is 11.5 Å². The van der Waals surface area contributed by atoms with E-state index in [-0.39, 0.29) is 17.7 Å². The van der Waals surface area contributed by atoms with Gasteiger partial charge in [-0.15, -0.1) is 10.2 Å². The summed E-state index contributed by atoms with van der Waals surface area (Å²) in [6.45, 7) is 6.10. The van der Waals surface area contributed by atoms with Gasteiger partial charge in [-0.25, -0.2) is 0 Å². The first kappa shape index (κ1) is 19.5. The fourth-order valence-electron chi connectivity index (χ4n) is 2.54. The van der Waals surface area contributed by atoms with Crippen molar-refractivity contribution in [1.82, 2.24) is 15.5 Å². The highest BCUT2D eigenvalue weighted by Crippen LogP contribution is 2.28. The molecule has 1 unspecified atom stereocenters. The summed E-state index contributed by atoms with van der Waals surface area (Å²) >= 11 is 7.33. The zero-order valence-electron chi connectivity index (χ0n) is 15.3. The quantitative estimate of drug-likeness (QED) is 0.590. The molecule has 1 N–H and O–H groups in total. The van der Waals surface area contributed by atoms with Gasteiger partial charge in [-0.05, 0) is 49.6 Å². The molecule has 1 aromatic heterocycles. The molecule has 3 rings (SSSR count). The number of hydrogen-bond donors (Lipinski definition) is 1. The Kier molecular flexibility index (Phi) is 6.19. The van der Waals surface area contributed by atoms with Crippen LogP contribution in [0.5, 0.6) is 0 Å². The number of amides is 1. The minimum Gasteiger partial charge on any atom is -0.411 e. The van der Waals surface area contributed by atoms with Crippen LogP contribution in [0, 0.1) is 13.8 Å². The van der Waals surface area contributed by atoms with E-state index in [1.807, 2.05) is 31.2 Å². The third-order valence-corrected chi connectivity index (χ3v) is 5.39. The first-order valence-electron chi connectivity index (χ1n) is 8.52. The van der Waals surface area contributed by atoms with Crippen molar-refractivity contribution in [2.75, 3.05) is 5.75 Å². The van der Waals surface area contributed by atoms with Crippen LogP contribution in [-0.4, -0.2) is 21.9 Å². The predicted molar refractivity (Wildman–Crippen MR) is 108 cm³/mol. The van der Waals surface area contributed by atoms with Crippen molar-refractivity contribution < 1.29 is 9.21 Å². The van der Waals surface area contributed by atoms with Gasteiger partial charge in [-0.2, -0.15) is 0 Å². The van der Waals surface area contributed by atoms with Gasteiger partial charge in [-0.1, -0.05) is 53.7 Å². The third-order valence-electron chi connectivity index (χ3n) is 4.25. The largest absolute Gasteiger partial charge is 0.411 e. The molecule has 27 heavy (non-hydrogen) atoms. The maximum Gasteiger partial charge on any atom is 0.277 e. The topological polar surface area (TPSA) is 68.0 Å². The van der Waals surface area contributed by atoms with Crippen LogP contribution < -0.4 is 5.32 Å². The van der Waals surface area contributed by atoms with E-state index in [1.54, 1.807) is 6.07 Å². The second-order valence-electron chi connectivity index (χ2n) is 6.27. The van der Waals surface area contributed by atoms with Gasteiger partial charge in [0, 0.05) is 0 Å². The zero-order valence-corrected chi connectivity index (χ0v) is 16.9. The molecule has 2 aromatic carbocycles. The van der Waals surface area contributed by atoms with Crippen LogP contribution in [0.2, 0.25) is 5.02 Å². The lowest BCUT2D eigenvalue weighted by atomic mass is 10.0. The summed E-state index contributed by atoms with van der Waals surface area (Å²) in [7, 11) is 0. The fraction of sp³-hybridized carbons (Fsp3) is 0.250. The summed E-state index contributed by atoms with van der Waals surface area (Å²) in [6.07, 6.45) is 0. The van der Waals surface area contributed by atoms with Gasteiger partial charge in [0.2, 0.25) is 11.8 Å². The Balaban J connectivity index is 1.56. The highest BCUT2D eigenvalue weighted by Gasteiger charge is 2.15. The van der Waals surface area contributed by atoms with E-state index < -0.39 is 0 Å². The number of aromatic nitrogens is 2. The summed E-state index contributed by atoms with van der Waals surface area (Å²) in [4.78, 5) is 12.2. The molecule has 7 heteroatoms. The van der Waals surface area contributed by atoms with Crippen LogP contribution in [0.15, 0.2) is 52.1 Å².